The summed E-state index contributed by atoms with van der Waals surface area (Å²) in [5.74, 6) is 1.32. The minimum Gasteiger partial charge on any atom is -0.493 e. The molecule has 2 aromatic rings. The molecule has 1 amide bonds. The van der Waals surface area contributed by atoms with Crippen LogP contribution in [0.25, 0.3) is 11.6 Å². The van der Waals surface area contributed by atoms with E-state index < -0.39 is 0 Å². The molecule has 0 saturated heterocycles. The minimum atomic E-state index is 0.0210. The summed E-state index contributed by atoms with van der Waals surface area (Å²) in [6.07, 6.45) is 1.90. The molecule has 1 aliphatic heterocycles. The van der Waals surface area contributed by atoms with Crippen molar-refractivity contribution in [3.05, 3.63) is 52.0 Å². The van der Waals surface area contributed by atoms with Crippen LogP contribution in [0, 0.1) is 0 Å². The molecule has 3 rings (SSSR count). The van der Waals surface area contributed by atoms with Gasteiger partial charge in [-0.3, -0.25) is 4.79 Å². The predicted molar refractivity (Wildman–Crippen MR) is 104 cm³/mol. The van der Waals surface area contributed by atoms with Crippen molar-refractivity contribution >= 4 is 39.2 Å². The topological polar surface area (TPSA) is 38.8 Å². The lowest BCUT2D eigenvalue weighted by atomic mass is 10.0. The number of carbonyl (C=O) groups excluding carboxylic acids is 1. The van der Waals surface area contributed by atoms with E-state index >= 15 is 0 Å². The molecule has 0 aromatic heterocycles. The summed E-state index contributed by atoms with van der Waals surface area (Å²) in [6, 6.07) is 11.7. The maximum Gasteiger partial charge on any atom is 0.258 e. The van der Waals surface area contributed by atoms with E-state index in [1.54, 1.807) is 12.0 Å². The molecule has 0 fully saturated rings. The fraction of sp³-hybridized carbons (Fsp3) is 0.250. The van der Waals surface area contributed by atoms with Gasteiger partial charge in [-0.25, -0.2) is 0 Å². The van der Waals surface area contributed by atoms with Gasteiger partial charge in [0.05, 0.1) is 23.9 Å². The van der Waals surface area contributed by atoms with E-state index in [0.717, 1.165) is 21.3 Å². The molecule has 0 atom stereocenters. The van der Waals surface area contributed by atoms with Gasteiger partial charge in [-0.15, -0.1) is 0 Å². The number of para-hydroxylation sites is 1. The van der Waals surface area contributed by atoms with E-state index in [1.165, 1.54) is 0 Å². The Labute approximate surface area is 156 Å². The normalized spacial score (nSPS) is 14.8. The van der Waals surface area contributed by atoms with Crippen LogP contribution in [0.4, 0.5) is 5.69 Å². The molecule has 25 heavy (non-hydrogen) atoms. The van der Waals surface area contributed by atoms with Crippen LogP contribution in [-0.2, 0) is 4.79 Å². The largest absolute Gasteiger partial charge is 0.493 e. The summed E-state index contributed by atoms with van der Waals surface area (Å²) in [6.45, 7) is 5.10. The zero-order chi connectivity index (χ0) is 18.0. The lowest BCUT2D eigenvalue weighted by Crippen LogP contribution is -2.25. The van der Waals surface area contributed by atoms with E-state index in [0.29, 0.717) is 30.2 Å². The summed E-state index contributed by atoms with van der Waals surface area (Å²) in [5.41, 5.74) is 3.48. The molecule has 0 aliphatic carbocycles. The first-order valence-corrected chi connectivity index (χ1v) is 9.03. The van der Waals surface area contributed by atoms with Gasteiger partial charge in [-0.2, -0.15) is 0 Å². The highest BCUT2D eigenvalue weighted by molar-refractivity contribution is 9.10. The maximum absolute atomic E-state index is 12.8. The summed E-state index contributed by atoms with van der Waals surface area (Å²) < 4.78 is 11.9. The Morgan fingerprint density at radius 3 is 2.64 bits per heavy atom. The van der Waals surface area contributed by atoms with E-state index in [4.69, 9.17) is 9.47 Å². The summed E-state index contributed by atoms with van der Waals surface area (Å²) in [5, 5.41) is 0. The zero-order valence-corrected chi connectivity index (χ0v) is 16.1. The minimum absolute atomic E-state index is 0.0210. The average Bonchev–Trinajstić information content (AvgIpc) is 2.88. The summed E-state index contributed by atoms with van der Waals surface area (Å²) in [7, 11) is 1.61. The third-order valence-corrected chi connectivity index (χ3v) is 4.72. The van der Waals surface area contributed by atoms with Gasteiger partial charge in [0, 0.05) is 17.7 Å². The Morgan fingerprint density at radius 1 is 1.20 bits per heavy atom. The highest BCUT2D eigenvalue weighted by Crippen LogP contribution is 2.40. The molecular weight excluding hydrogens is 382 g/mol. The number of nitrogens with zero attached hydrogens (tertiary/aromatic N) is 1. The van der Waals surface area contributed by atoms with Crippen LogP contribution in [0.3, 0.4) is 0 Å². The molecule has 5 heteroatoms. The van der Waals surface area contributed by atoms with Crippen LogP contribution in [-0.4, -0.2) is 26.2 Å². The quantitative estimate of drug-likeness (QED) is 0.677. The van der Waals surface area contributed by atoms with Gasteiger partial charge in [-0.1, -0.05) is 18.2 Å². The van der Waals surface area contributed by atoms with Gasteiger partial charge in [0.2, 0.25) is 0 Å². The number of likely N-dealkylation sites (N-methyl/N-ethyl adjacent to an activating group) is 1. The Hall–Kier alpha value is -2.27. The van der Waals surface area contributed by atoms with Crippen molar-refractivity contribution in [3.8, 4) is 11.5 Å². The van der Waals surface area contributed by atoms with Crippen molar-refractivity contribution in [1.29, 1.82) is 0 Å². The Bertz CT molecular complexity index is 845. The highest BCUT2D eigenvalue weighted by Gasteiger charge is 2.30. The molecule has 4 nitrogen and oxygen atoms in total. The summed E-state index contributed by atoms with van der Waals surface area (Å²) >= 11 is 3.53. The van der Waals surface area contributed by atoms with Crippen molar-refractivity contribution in [2.24, 2.45) is 0 Å². The number of methoxy groups -OCH3 is 1. The van der Waals surface area contributed by atoms with Crippen molar-refractivity contribution < 1.29 is 14.3 Å². The third kappa shape index (κ3) is 3.16. The number of rotatable bonds is 5. The van der Waals surface area contributed by atoms with Crippen LogP contribution < -0.4 is 14.4 Å². The van der Waals surface area contributed by atoms with Gasteiger partial charge >= 0.3 is 0 Å². The number of anilines is 1. The maximum atomic E-state index is 12.8. The molecule has 0 unspecified atom stereocenters. The predicted octanol–water partition coefficient (Wildman–Crippen LogP) is 4.76. The fourth-order valence-electron chi connectivity index (χ4n) is 3.03. The molecule has 130 valence electrons. The number of ether oxygens (including phenoxy) is 2. The van der Waals surface area contributed by atoms with Gasteiger partial charge in [0.15, 0.2) is 11.5 Å². The molecular formula is C20H20BrNO3. The second kappa shape index (κ2) is 7.31. The Balaban J connectivity index is 2.09. The van der Waals surface area contributed by atoms with E-state index in [9.17, 15) is 4.79 Å². The fourth-order valence-corrected chi connectivity index (χ4v) is 3.61. The third-order valence-electron chi connectivity index (χ3n) is 4.13. The van der Waals surface area contributed by atoms with E-state index in [1.807, 2.05) is 56.3 Å². The Morgan fingerprint density at radius 2 is 1.96 bits per heavy atom. The number of hydrogen-bond acceptors (Lipinski definition) is 3. The van der Waals surface area contributed by atoms with Crippen molar-refractivity contribution in [2.45, 2.75) is 13.8 Å². The van der Waals surface area contributed by atoms with Gasteiger partial charge < -0.3 is 14.4 Å². The molecule has 1 heterocycles. The smallest absolute Gasteiger partial charge is 0.258 e. The first-order valence-electron chi connectivity index (χ1n) is 8.24. The molecule has 0 bridgehead atoms. The van der Waals surface area contributed by atoms with Crippen LogP contribution in [0.15, 0.2) is 40.9 Å². The molecule has 0 N–H and O–H groups in total. The first kappa shape index (κ1) is 17.5. The standard InChI is InChI=1S/C20H20BrNO3/c1-4-22-17-9-7-6-8-14(17)15(20(22)23)10-13-11-16(21)19(25-5-2)18(12-13)24-3/h6-12H,4-5H2,1-3H3/b15-10-. The molecule has 0 saturated carbocycles. The number of hydrogen-bond donors (Lipinski definition) is 0. The molecule has 0 spiro atoms. The first-order chi connectivity index (χ1) is 12.1. The van der Waals surface area contributed by atoms with Crippen LogP contribution in [0.5, 0.6) is 11.5 Å². The number of benzene rings is 2. The monoisotopic (exact) mass is 401 g/mol. The lowest BCUT2D eigenvalue weighted by Gasteiger charge is -2.13. The summed E-state index contributed by atoms with van der Waals surface area (Å²) in [4.78, 5) is 14.6. The van der Waals surface area contributed by atoms with Crippen LogP contribution in [0.2, 0.25) is 0 Å². The number of halogens is 1. The van der Waals surface area contributed by atoms with Gasteiger partial charge in [-0.05, 0) is 59.6 Å². The number of amides is 1. The van der Waals surface area contributed by atoms with E-state index in [2.05, 4.69) is 15.9 Å². The number of fused-ring (bicyclic) bond motifs is 1. The average molecular weight is 402 g/mol. The molecule has 1 aliphatic rings. The second-order valence-corrected chi connectivity index (χ2v) is 6.45. The van der Waals surface area contributed by atoms with Crippen LogP contribution in [0.1, 0.15) is 25.0 Å². The lowest BCUT2D eigenvalue weighted by molar-refractivity contribution is -0.112. The zero-order valence-electron chi connectivity index (χ0n) is 14.5. The van der Waals surface area contributed by atoms with Crippen LogP contribution >= 0.6 is 15.9 Å². The van der Waals surface area contributed by atoms with Crippen molar-refractivity contribution in [2.75, 3.05) is 25.2 Å². The second-order valence-electron chi connectivity index (χ2n) is 5.59. The van der Waals surface area contributed by atoms with Crippen molar-refractivity contribution in [3.63, 3.8) is 0 Å². The highest BCUT2D eigenvalue weighted by atomic mass is 79.9. The number of carbonyl (C=O) groups is 1. The SMILES string of the molecule is CCOc1c(Br)cc(/C=C2\C(=O)N(CC)c3ccccc32)cc1OC. The van der Waals surface area contributed by atoms with Crippen molar-refractivity contribution in [1.82, 2.24) is 0 Å². The van der Waals surface area contributed by atoms with E-state index in [-0.39, 0.29) is 5.91 Å². The van der Waals surface area contributed by atoms with Gasteiger partial charge in [0.1, 0.15) is 0 Å². The molecule has 2 aromatic carbocycles. The van der Waals surface area contributed by atoms with Gasteiger partial charge in [0.25, 0.3) is 5.91 Å². The molecule has 0 radical (unpaired) electrons. The Kier molecular flexibility index (Phi) is 5.13.